The molecule has 3 heterocycles. The molecule has 3 fully saturated rings. The molecule has 0 aromatic heterocycles. The summed E-state index contributed by atoms with van der Waals surface area (Å²) < 4.78 is 5.34. The molecule has 0 spiro atoms. The molecule has 140 valence electrons. The molecule has 1 N–H and O–H groups in total. The summed E-state index contributed by atoms with van der Waals surface area (Å²) in [6.07, 6.45) is 0.956. The summed E-state index contributed by atoms with van der Waals surface area (Å²) >= 11 is 0. The van der Waals surface area contributed by atoms with Gasteiger partial charge < -0.3 is 24.5 Å². The molecule has 2 atom stereocenters. The number of likely N-dealkylation sites (N-methyl/N-ethyl adjacent to an activating group) is 1. The maximum Gasteiger partial charge on any atom is 0.243 e. The van der Waals surface area contributed by atoms with Crippen molar-refractivity contribution in [2.75, 3.05) is 72.7 Å². The van der Waals surface area contributed by atoms with Gasteiger partial charge in [0.25, 0.3) is 0 Å². The molecular formula is C18H30N4O3. The van der Waals surface area contributed by atoms with Crippen molar-refractivity contribution < 1.29 is 14.6 Å². The van der Waals surface area contributed by atoms with E-state index in [0.29, 0.717) is 39.1 Å². The van der Waals surface area contributed by atoms with Gasteiger partial charge in [0.15, 0.2) is 0 Å². The Morgan fingerprint density at radius 2 is 1.84 bits per heavy atom. The number of nitriles is 1. The van der Waals surface area contributed by atoms with E-state index in [1.807, 2.05) is 4.90 Å². The molecule has 1 amide bonds. The molecule has 0 aromatic rings. The van der Waals surface area contributed by atoms with Crippen LogP contribution in [0, 0.1) is 28.6 Å². The number of hydrogen-bond acceptors (Lipinski definition) is 6. The van der Waals surface area contributed by atoms with Crippen LogP contribution < -0.4 is 0 Å². The summed E-state index contributed by atoms with van der Waals surface area (Å²) in [6, 6.07) is 2.28. The summed E-state index contributed by atoms with van der Waals surface area (Å²) in [5.41, 5.74) is -0.930. The predicted octanol–water partition coefficient (Wildman–Crippen LogP) is -0.379. The van der Waals surface area contributed by atoms with Crippen molar-refractivity contribution in [1.29, 1.82) is 5.26 Å². The average Bonchev–Trinajstić information content (AvgIpc) is 3.06. The Morgan fingerprint density at radius 3 is 2.44 bits per heavy atom. The van der Waals surface area contributed by atoms with Crippen LogP contribution in [0.1, 0.15) is 12.8 Å². The quantitative estimate of drug-likeness (QED) is 0.745. The van der Waals surface area contributed by atoms with E-state index in [9.17, 15) is 15.2 Å². The van der Waals surface area contributed by atoms with E-state index >= 15 is 0 Å². The van der Waals surface area contributed by atoms with Crippen molar-refractivity contribution in [2.45, 2.75) is 12.8 Å². The summed E-state index contributed by atoms with van der Waals surface area (Å²) in [5.74, 6) is 0.338. The highest BCUT2D eigenvalue weighted by atomic mass is 16.5. The van der Waals surface area contributed by atoms with Crippen LogP contribution in [0.25, 0.3) is 0 Å². The molecule has 0 unspecified atom stereocenters. The van der Waals surface area contributed by atoms with Crippen LogP contribution in [-0.2, 0) is 9.53 Å². The minimum absolute atomic E-state index is 0.0578. The molecule has 0 bridgehead atoms. The van der Waals surface area contributed by atoms with E-state index in [1.54, 1.807) is 0 Å². The molecule has 0 aromatic carbocycles. The second kappa shape index (κ2) is 8.00. The summed E-state index contributed by atoms with van der Waals surface area (Å²) in [4.78, 5) is 19.6. The zero-order valence-electron chi connectivity index (χ0n) is 15.2. The highest BCUT2D eigenvalue weighted by Crippen LogP contribution is 2.35. The lowest BCUT2D eigenvalue weighted by atomic mass is 9.80. The van der Waals surface area contributed by atoms with Crippen LogP contribution in [0.4, 0.5) is 0 Å². The normalized spacial score (nSPS) is 31.0. The molecule has 0 aliphatic carbocycles. The fourth-order valence-corrected chi connectivity index (χ4v) is 4.28. The topological polar surface area (TPSA) is 80.0 Å². The molecule has 7 heteroatoms. The Bertz CT molecular complexity index is 507. The summed E-state index contributed by atoms with van der Waals surface area (Å²) in [7, 11) is 2.14. The van der Waals surface area contributed by atoms with E-state index in [-0.39, 0.29) is 24.3 Å². The van der Waals surface area contributed by atoms with Gasteiger partial charge in [-0.3, -0.25) is 4.79 Å². The van der Waals surface area contributed by atoms with E-state index in [4.69, 9.17) is 4.74 Å². The molecule has 25 heavy (non-hydrogen) atoms. The van der Waals surface area contributed by atoms with Crippen molar-refractivity contribution >= 4 is 5.91 Å². The Morgan fingerprint density at radius 1 is 1.20 bits per heavy atom. The van der Waals surface area contributed by atoms with Gasteiger partial charge in [-0.15, -0.1) is 0 Å². The largest absolute Gasteiger partial charge is 0.396 e. The van der Waals surface area contributed by atoms with Crippen LogP contribution in [0.5, 0.6) is 0 Å². The second-order valence-corrected chi connectivity index (χ2v) is 7.82. The van der Waals surface area contributed by atoms with Crippen molar-refractivity contribution in [1.82, 2.24) is 14.7 Å². The predicted molar refractivity (Wildman–Crippen MR) is 92.7 cm³/mol. The fraction of sp³-hybridized carbons (Fsp3) is 0.889. The number of aliphatic hydroxyl groups excluding tert-OH is 1. The van der Waals surface area contributed by atoms with Gasteiger partial charge in [-0.1, -0.05) is 0 Å². The highest BCUT2D eigenvalue weighted by molar-refractivity contribution is 5.86. The SMILES string of the molecule is CN1CCN(C[C@@H]2CN(C(=O)C3(C#N)CCOCC3)C[C@@H]2CO)CC1. The fourth-order valence-electron chi connectivity index (χ4n) is 4.28. The zero-order valence-corrected chi connectivity index (χ0v) is 15.2. The molecule has 3 rings (SSSR count). The number of ether oxygens (including phenoxy) is 1. The number of nitrogens with zero attached hydrogens (tertiary/aromatic N) is 4. The third-order valence-electron chi connectivity index (χ3n) is 6.16. The number of amides is 1. The van der Waals surface area contributed by atoms with E-state index in [0.717, 1.165) is 32.7 Å². The maximum atomic E-state index is 13.0. The number of piperazine rings is 1. The third-order valence-corrected chi connectivity index (χ3v) is 6.16. The minimum Gasteiger partial charge on any atom is -0.396 e. The Labute approximate surface area is 150 Å². The van der Waals surface area contributed by atoms with Gasteiger partial charge in [-0.2, -0.15) is 5.26 Å². The van der Waals surface area contributed by atoms with Crippen LogP contribution in [0.15, 0.2) is 0 Å². The lowest BCUT2D eigenvalue weighted by molar-refractivity contribution is -0.142. The minimum atomic E-state index is -0.930. The van der Waals surface area contributed by atoms with Crippen LogP contribution in [-0.4, -0.2) is 98.4 Å². The number of carbonyl (C=O) groups is 1. The van der Waals surface area contributed by atoms with Crippen molar-refractivity contribution in [3.63, 3.8) is 0 Å². The van der Waals surface area contributed by atoms with Gasteiger partial charge >= 0.3 is 0 Å². The van der Waals surface area contributed by atoms with Gasteiger partial charge in [0, 0.05) is 71.6 Å². The molecular weight excluding hydrogens is 320 g/mol. The van der Waals surface area contributed by atoms with Gasteiger partial charge in [-0.05, 0) is 25.8 Å². The van der Waals surface area contributed by atoms with Crippen molar-refractivity contribution in [2.24, 2.45) is 17.3 Å². The number of likely N-dealkylation sites (tertiary alicyclic amines) is 1. The first-order chi connectivity index (χ1) is 12.1. The Hall–Kier alpha value is -1.20. The highest BCUT2D eigenvalue weighted by Gasteiger charge is 2.46. The lowest BCUT2D eigenvalue weighted by Gasteiger charge is -2.35. The van der Waals surface area contributed by atoms with Gasteiger partial charge in [-0.25, -0.2) is 0 Å². The first-order valence-electron chi connectivity index (χ1n) is 9.38. The Kier molecular flexibility index (Phi) is 5.95. The van der Waals surface area contributed by atoms with Crippen LogP contribution >= 0.6 is 0 Å². The molecule has 3 saturated heterocycles. The average molecular weight is 350 g/mol. The van der Waals surface area contributed by atoms with Gasteiger partial charge in [0.05, 0.1) is 6.07 Å². The van der Waals surface area contributed by atoms with Crippen molar-refractivity contribution in [3.05, 3.63) is 0 Å². The summed E-state index contributed by atoms with van der Waals surface area (Å²) in [6.45, 7) is 7.40. The number of hydrogen-bond donors (Lipinski definition) is 1. The summed E-state index contributed by atoms with van der Waals surface area (Å²) in [5, 5.41) is 19.4. The van der Waals surface area contributed by atoms with E-state index in [1.165, 1.54) is 0 Å². The van der Waals surface area contributed by atoms with Crippen LogP contribution in [0.2, 0.25) is 0 Å². The lowest BCUT2D eigenvalue weighted by Crippen LogP contribution is -2.47. The Balaban J connectivity index is 1.62. The second-order valence-electron chi connectivity index (χ2n) is 7.82. The molecule has 0 saturated carbocycles. The zero-order chi connectivity index (χ0) is 17.9. The molecule has 3 aliphatic heterocycles. The van der Waals surface area contributed by atoms with E-state index < -0.39 is 5.41 Å². The van der Waals surface area contributed by atoms with Crippen molar-refractivity contribution in [3.8, 4) is 6.07 Å². The number of aliphatic hydroxyl groups is 1. The standard InChI is InChI=1S/C18H30N4O3/c1-20-4-6-21(7-5-20)10-15-11-22(12-16(15)13-23)17(24)18(14-19)2-8-25-9-3-18/h15-16,23H,2-13H2,1H3/t15-,16-/m1/s1. The molecule has 7 nitrogen and oxygen atoms in total. The molecule has 0 radical (unpaired) electrons. The number of carbonyl (C=O) groups excluding carboxylic acids is 1. The maximum absolute atomic E-state index is 13.0. The first kappa shape index (κ1) is 18.6. The smallest absolute Gasteiger partial charge is 0.243 e. The van der Waals surface area contributed by atoms with Crippen LogP contribution in [0.3, 0.4) is 0 Å². The van der Waals surface area contributed by atoms with Gasteiger partial charge in [0.1, 0.15) is 5.41 Å². The molecule has 3 aliphatic rings. The monoisotopic (exact) mass is 350 g/mol. The van der Waals surface area contributed by atoms with Gasteiger partial charge in [0.2, 0.25) is 5.91 Å². The third kappa shape index (κ3) is 3.98. The van der Waals surface area contributed by atoms with E-state index in [2.05, 4.69) is 22.9 Å². The first-order valence-corrected chi connectivity index (χ1v) is 9.38. The number of rotatable bonds is 4.